The fraction of sp³-hybridized carbons (Fsp3) is 0.444. The first-order valence-electron chi connectivity index (χ1n) is 7.62. The van der Waals surface area contributed by atoms with Crippen LogP contribution in [0.4, 0.5) is 0 Å². The number of benzene rings is 2. The van der Waals surface area contributed by atoms with Gasteiger partial charge in [-0.15, -0.1) is 0 Å². The highest BCUT2D eigenvalue weighted by atomic mass is 14.9. The van der Waals surface area contributed by atoms with E-state index in [0.717, 1.165) is 17.9 Å². The van der Waals surface area contributed by atoms with Gasteiger partial charge in [0.1, 0.15) is 0 Å². The zero-order chi connectivity index (χ0) is 12.7. The van der Waals surface area contributed by atoms with Crippen LogP contribution in [0.2, 0.25) is 0 Å². The maximum absolute atomic E-state index is 3.70. The second-order valence-corrected chi connectivity index (χ2v) is 6.23. The monoisotopic (exact) mass is 251 g/mol. The lowest BCUT2D eigenvalue weighted by atomic mass is 9.69. The summed E-state index contributed by atoms with van der Waals surface area (Å²) in [7, 11) is 0. The van der Waals surface area contributed by atoms with Crippen LogP contribution in [0.1, 0.15) is 37.2 Å². The van der Waals surface area contributed by atoms with Crippen molar-refractivity contribution in [3.8, 4) is 0 Å². The quantitative estimate of drug-likeness (QED) is 0.863. The number of hydrogen-bond acceptors (Lipinski definition) is 1. The van der Waals surface area contributed by atoms with Crippen molar-refractivity contribution >= 4 is 10.8 Å². The standard InChI is InChI=1S/C18H21N/c1-2-4-14-11-15(6-5-13(14)3-1)18-10-7-16(18)12-19-17-8-9-17/h1-6,11,16-19H,7-10,12H2. The molecule has 1 N–H and O–H groups in total. The average Bonchev–Trinajstić information content (AvgIpc) is 3.22. The molecule has 2 atom stereocenters. The van der Waals surface area contributed by atoms with E-state index in [2.05, 4.69) is 47.8 Å². The third-order valence-corrected chi connectivity index (χ3v) is 4.87. The van der Waals surface area contributed by atoms with Gasteiger partial charge in [0, 0.05) is 6.04 Å². The minimum absolute atomic E-state index is 0.788. The third-order valence-electron chi connectivity index (χ3n) is 4.87. The van der Waals surface area contributed by atoms with Gasteiger partial charge in [-0.05, 0) is 60.4 Å². The minimum atomic E-state index is 0.788. The Balaban J connectivity index is 1.52. The molecule has 0 aliphatic heterocycles. The van der Waals surface area contributed by atoms with Crippen molar-refractivity contribution in [2.45, 2.75) is 37.6 Å². The van der Waals surface area contributed by atoms with E-state index < -0.39 is 0 Å². The van der Waals surface area contributed by atoms with Crippen molar-refractivity contribution in [1.82, 2.24) is 5.32 Å². The Kier molecular flexibility index (Phi) is 2.81. The van der Waals surface area contributed by atoms with Crippen molar-refractivity contribution in [3.63, 3.8) is 0 Å². The number of rotatable bonds is 4. The first-order chi connectivity index (χ1) is 9.40. The van der Waals surface area contributed by atoms with Crippen LogP contribution in [-0.4, -0.2) is 12.6 Å². The maximum atomic E-state index is 3.70. The van der Waals surface area contributed by atoms with Crippen LogP contribution in [-0.2, 0) is 0 Å². The predicted octanol–water partition coefficient (Wildman–Crippen LogP) is 4.09. The van der Waals surface area contributed by atoms with Gasteiger partial charge in [-0.3, -0.25) is 0 Å². The van der Waals surface area contributed by atoms with Crippen LogP contribution in [0.25, 0.3) is 10.8 Å². The van der Waals surface area contributed by atoms with E-state index in [1.165, 1.54) is 43.0 Å². The van der Waals surface area contributed by atoms with E-state index in [0.29, 0.717) is 0 Å². The highest BCUT2D eigenvalue weighted by Crippen LogP contribution is 2.43. The lowest BCUT2D eigenvalue weighted by molar-refractivity contribution is 0.245. The molecule has 1 nitrogen and oxygen atoms in total. The summed E-state index contributed by atoms with van der Waals surface area (Å²) in [5.41, 5.74) is 1.55. The Morgan fingerprint density at radius 1 is 0.895 bits per heavy atom. The molecule has 2 saturated carbocycles. The molecular formula is C18H21N. The van der Waals surface area contributed by atoms with E-state index >= 15 is 0 Å². The summed E-state index contributed by atoms with van der Waals surface area (Å²) in [6, 6.07) is 16.6. The summed E-state index contributed by atoms with van der Waals surface area (Å²) >= 11 is 0. The van der Waals surface area contributed by atoms with Gasteiger partial charge in [-0.2, -0.15) is 0 Å². The van der Waals surface area contributed by atoms with Gasteiger partial charge in [0.2, 0.25) is 0 Å². The predicted molar refractivity (Wildman–Crippen MR) is 80.4 cm³/mol. The van der Waals surface area contributed by atoms with E-state index in [1.54, 1.807) is 5.56 Å². The molecule has 0 spiro atoms. The van der Waals surface area contributed by atoms with E-state index in [4.69, 9.17) is 0 Å². The molecule has 0 heterocycles. The summed E-state index contributed by atoms with van der Waals surface area (Å²) in [5, 5.41) is 6.44. The fourth-order valence-corrected chi connectivity index (χ4v) is 3.30. The molecule has 98 valence electrons. The molecule has 0 radical (unpaired) electrons. The number of fused-ring (bicyclic) bond motifs is 1. The van der Waals surface area contributed by atoms with Crippen LogP contribution in [0, 0.1) is 5.92 Å². The van der Waals surface area contributed by atoms with Gasteiger partial charge in [-0.25, -0.2) is 0 Å². The van der Waals surface area contributed by atoms with E-state index in [-0.39, 0.29) is 0 Å². The first kappa shape index (κ1) is 11.5. The fourth-order valence-electron chi connectivity index (χ4n) is 3.30. The molecule has 2 unspecified atom stereocenters. The Labute approximate surface area is 115 Å². The van der Waals surface area contributed by atoms with Crippen LogP contribution in [0.5, 0.6) is 0 Å². The van der Waals surface area contributed by atoms with Crippen molar-refractivity contribution < 1.29 is 0 Å². The first-order valence-corrected chi connectivity index (χ1v) is 7.62. The second-order valence-electron chi connectivity index (χ2n) is 6.23. The molecule has 2 aliphatic rings. The Bertz CT molecular complexity index is 585. The molecule has 4 rings (SSSR count). The molecule has 1 heteroatoms. The zero-order valence-electron chi connectivity index (χ0n) is 11.3. The lowest BCUT2D eigenvalue weighted by Crippen LogP contribution is -2.34. The summed E-state index contributed by atoms with van der Waals surface area (Å²) < 4.78 is 0. The topological polar surface area (TPSA) is 12.0 Å². The summed E-state index contributed by atoms with van der Waals surface area (Å²) in [5.74, 6) is 1.65. The van der Waals surface area contributed by atoms with Crippen molar-refractivity contribution in [3.05, 3.63) is 48.0 Å². The van der Waals surface area contributed by atoms with Crippen LogP contribution >= 0.6 is 0 Å². The summed E-state index contributed by atoms with van der Waals surface area (Å²) in [6.07, 6.45) is 5.56. The number of nitrogens with one attached hydrogen (secondary N) is 1. The van der Waals surface area contributed by atoms with Gasteiger partial charge >= 0.3 is 0 Å². The van der Waals surface area contributed by atoms with Crippen LogP contribution < -0.4 is 5.32 Å². The van der Waals surface area contributed by atoms with Gasteiger partial charge in [-0.1, -0.05) is 42.5 Å². The Hall–Kier alpha value is -1.34. The number of hydrogen-bond donors (Lipinski definition) is 1. The largest absolute Gasteiger partial charge is 0.314 e. The Morgan fingerprint density at radius 2 is 1.74 bits per heavy atom. The van der Waals surface area contributed by atoms with E-state index in [1.807, 2.05) is 0 Å². The molecule has 0 amide bonds. The summed E-state index contributed by atoms with van der Waals surface area (Å²) in [6.45, 7) is 1.22. The summed E-state index contributed by atoms with van der Waals surface area (Å²) in [4.78, 5) is 0. The molecule has 2 aromatic rings. The molecule has 0 bridgehead atoms. The van der Waals surface area contributed by atoms with Crippen LogP contribution in [0.3, 0.4) is 0 Å². The molecule has 0 aromatic heterocycles. The molecule has 2 aliphatic carbocycles. The smallest absolute Gasteiger partial charge is 0.00683 e. The highest BCUT2D eigenvalue weighted by molar-refractivity contribution is 5.83. The third kappa shape index (κ3) is 2.28. The molecule has 2 aromatic carbocycles. The van der Waals surface area contributed by atoms with Gasteiger partial charge in [0.15, 0.2) is 0 Å². The van der Waals surface area contributed by atoms with Gasteiger partial charge in [0.05, 0.1) is 0 Å². The normalized spacial score (nSPS) is 26.3. The van der Waals surface area contributed by atoms with E-state index in [9.17, 15) is 0 Å². The van der Waals surface area contributed by atoms with Gasteiger partial charge in [0.25, 0.3) is 0 Å². The van der Waals surface area contributed by atoms with Crippen LogP contribution in [0.15, 0.2) is 42.5 Å². The SMILES string of the molecule is c1ccc2cc(C3CCC3CNC3CC3)ccc2c1. The highest BCUT2D eigenvalue weighted by Gasteiger charge is 2.33. The molecular weight excluding hydrogens is 230 g/mol. The molecule has 2 fully saturated rings. The average molecular weight is 251 g/mol. The molecule has 0 saturated heterocycles. The maximum Gasteiger partial charge on any atom is 0.00683 e. The second kappa shape index (κ2) is 4.64. The van der Waals surface area contributed by atoms with Crippen molar-refractivity contribution in [2.75, 3.05) is 6.54 Å². The Morgan fingerprint density at radius 3 is 2.47 bits per heavy atom. The van der Waals surface area contributed by atoms with Gasteiger partial charge < -0.3 is 5.32 Å². The lowest BCUT2D eigenvalue weighted by Gasteiger charge is -2.37. The van der Waals surface area contributed by atoms with Crippen molar-refractivity contribution in [1.29, 1.82) is 0 Å². The molecule has 19 heavy (non-hydrogen) atoms. The van der Waals surface area contributed by atoms with Crippen molar-refractivity contribution in [2.24, 2.45) is 5.92 Å². The zero-order valence-corrected chi connectivity index (χ0v) is 11.3. The minimum Gasteiger partial charge on any atom is -0.314 e.